The van der Waals surface area contributed by atoms with Crippen LogP contribution in [-0.2, 0) is 11.3 Å². The van der Waals surface area contributed by atoms with Crippen molar-refractivity contribution in [2.45, 2.75) is 69.8 Å². The van der Waals surface area contributed by atoms with Crippen molar-refractivity contribution >= 4 is 34.9 Å². The number of fused-ring (bicyclic) bond motifs is 1. The number of halogens is 3. The Labute approximate surface area is 230 Å². The molecule has 0 spiro atoms. The molecule has 0 bridgehead atoms. The predicted molar refractivity (Wildman–Crippen MR) is 145 cm³/mol. The third kappa shape index (κ3) is 4.74. The van der Waals surface area contributed by atoms with Crippen molar-refractivity contribution in [2.24, 2.45) is 5.92 Å². The third-order valence-corrected chi connectivity index (χ3v) is 8.63. The first-order chi connectivity index (χ1) is 18.7. The highest BCUT2D eigenvalue weighted by molar-refractivity contribution is 6.30. The fourth-order valence-corrected chi connectivity index (χ4v) is 6.41. The number of benzene rings is 1. The van der Waals surface area contributed by atoms with E-state index in [0.29, 0.717) is 41.6 Å². The number of hydrogen-bond donors (Lipinski definition) is 2. The van der Waals surface area contributed by atoms with Crippen LogP contribution in [-0.4, -0.2) is 74.1 Å². The summed E-state index contributed by atoms with van der Waals surface area (Å²) in [6.07, 6.45) is 4.75. The van der Waals surface area contributed by atoms with Gasteiger partial charge in [0.05, 0.1) is 25.3 Å². The van der Waals surface area contributed by atoms with Crippen molar-refractivity contribution in [1.82, 2.24) is 24.0 Å². The van der Waals surface area contributed by atoms with Gasteiger partial charge in [0.2, 0.25) is 5.62 Å². The summed E-state index contributed by atoms with van der Waals surface area (Å²) < 4.78 is 38.1. The SMILES string of the molecule is C[C@@H]1CN(c2nc(=N)n(C=N)c3c2ncn3C[C@@H]2CCCO2)[C@@H](C)CN1C(c1ccc(Cl)cc1)[C@@H]1CC1(F)F. The molecule has 2 aromatic heterocycles. The fourth-order valence-electron chi connectivity index (χ4n) is 6.29. The zero-order valence-electron chi connectivity index (χ0n) is 22.0. The third-order valence-electron chi connectivity index (χ3n) is 8.37. The Morgan fingerprint density at radius 2 is 1.95 bits per heavy atom. The Balaban J connectivity index is 1.33. The first-order valence-electron chi connectivity index (χ1n) is 13.5. The van der Waals surface area contributed by atoms with Crippen LogP contribution in [0.25, 0.3) is 11.2 Å². The standard InChI is InChI=1S/C27H33ClF2N8O/c1-16-12-37(17(2)11-36(16)23(21-10-27(21,29)30)18-5-7-19(28)8-6-18)24-22-25(38(14-31)26(32)34-24)35(15-33-22)13-20-4-3-9-39-20/h5-8,14-17,20-21,23,31-32H,3-4,9-13H2,1-2H3/t16-,17+,20+,21+,23?/m1/s1. The van der Waals surface area contributed by atoms with E-state index in [9.17, 15) is 8.78 Å². The lowest BCUT2D eigenvalue weighted by atomic mass is 9.95. The lowest BCUT2D eigenvalue weighted by Crippen LogP contribution is -2.58. The number of hydrogen-bond acceptors (Lipinski definition) is 7. The van der Waals surface area contributed by atoms with Crippen LogP contribution in [0.3, 0.4) is 0 Å². The van der Waals surface area contributed by atoms with Crippen molar-refractivity contribution in [1.29, 1.82) is 10.8 Å². The van der Waals surface area contributed by atoms with Gasteiger partial charge in [0, 0.05) is 55.2 Å². The van der Waals surface area contributed by atoms with Crippen molar-refractivity contribution < 1.29 is 13.5 Å². The Morgan fingerprint density at radius 3 is 2.59 bits per heavy atom. The Morgan fingerprint density at radius 1 is 1.21 bits per heavy atom. The Kier molecular flexibility index (Phi) is 6.71. The largest absolute Gasteiger partial charge is 0.376 e. The molecule has 2 aliphatic heterocycles. The fraction of sp³-hybridized carbons (Fsp3) is 0.556. The predicted octanol–water partition coefficient (Wildman–Crippen LogP) is 4.30. The van der Waals surface area contributed by atoms with E-state index in [1.807, 2.05) is 16.7 Å². The van der Waals surface area contributed by atoms with Gasteiger partial charge in [0.15, 0.2) is 11.5 Å². The molecule has 1 aliphatic carbocycles. The van der Waals surface area contributed by atoms with Gasteiger partial charge in [-0.2, -0.15) is 4.98 Å². The van der Waals surface area contributed by atoms with E-state index in [4.69, 9.17) is 27.2 Å². The van der Waals surface area contributed by atoms with E-state index >= 15 is 0 Å². The van der Waals surface area contributed by atoms with Crippen molar-refractivity contribution in [3.05, 3.63) is 46.8 Å². The van der Waals surface area contributed by atoms with Gasteiger partial charge in [-0.3, -0.25) is 20.3 Å². The van der Waals surface area contributed by atoms with E-state index in [1.165, 1.54) is 4.57 Å². The molecule has 3 fully saturated rings. The molecule has 39 heavy (non-hydrogen) atoms. The number of ether oxygens (including phenoxy) is 1. The van der Waals surface area contributed by atoms with Crippen LogP contribution >= 0.6 is 11.6 Å². The molecule has 2 saturated heterocycles. The number of imidazole rings is 1. The van der Waals surface area contributed by atoms with Crippen LogP contribution in [0.15, 0.2) is 30.6 Å². The topological polar surface area (TPSA) is 99.1 Å². The minimum absolute atomic E-state index is 0.0551. The molecular weight excluding hydrogens is 526 g/mol. The Bertz CT molecular complexity index is 1430. The molecule has 1 unspecified atom stereocenters. The molecule has 0 radical (unpaired) electrons. The number of nitrogens with zero attached hydrogens (tertiary/aromatic N) is 6. The summed E-state index contributed by atoms with van der Waals surface area (Å²) in [6.45, 7) is 6.53. The highest BCUT2D eigenvalue weighted by Crippen LogP contribution is 2.57. The molecule has 3 aliphatic rings. The second-order valence-electron chi connectivity index (χ2n) is 11.1. The van der Waals surface area contributed by atoms with Gasteiger partial charge in [-0.05, 0) is 44.4 Å². The molecule has 4 heterocycles. The van der Waals surface area contributed by atoms with Crippen LogP contribution in [0, 0.1) is 16.7 Å². The molecule has 9 nitrogen and oxygen atoms in total. The molecule has 3 aromatic rings. The molecule has 2 N–H and O–H groups in total. The van der Waals surface area contributed by atoms with Gasteiger partial charge in [-0.1, -0.05) is 23.7 Å². The van der Waals surface area contributed by atoms with E-state index < -0.39 is 17.9 Å². The lowest BCUT2D eigenvalue weighted by Gasteiger charge is -2.48. The summed E-state index contributed by atoms with van der Waals surface area (Å²) in [5, 5.41) is 17.1. The summed E-state index contributed by atoms with van der Waals surface area (Å²) in [7, 11) is 0. The maximum absolute atomic E-state index is 14.4. The van der Waals surface area contributed by atoms with Crippen LogP contribution < -0.4 is 10.5 Å². The minimum Gasteiger partial charge on any atom is -0.376 e. The van der Waals surface area contributed by atoms with E-state index in [2.05, 4.69) is 33.6 Å². The summed E-state index contributed by atoms with van der Waals surface area (Å²) in [5.74, 6) is -2.83. The van der Waals surface area contributed by atoms with Crippen LogP contribution in [0.5, 0.6) is 0 Å². The van der Waals surface area contributed by atoms with Crippen LogP contribution in [0.2, 0.25) is 5.02 Å². The monoisotopic (exact) mass is 558 g/mol. The number of aromatic nitrogens is 4. The molecule has 12 heteroatoms. The average molecular weight is 559 g/mol. The summed E-state index contributed by atoms with van der Waals surface area (Å²) >= 11 is 6.10. The normalized spacial score (nSPS) is 27.7. The lowest BCUT2D eigenvalue weighted by molar-refractivity contribution is 0.0393. The molecule has 1 saturated carbocycles. The molecular formula is C27H33ClF2N8O. The van der Waals surface area contributed by atoms with Gasteiger partial charge in [-0.15, -0.1) is 0 Å². The van der Waals surface area contributed by atoms with E-state index in [-0.39, 0.29) is 30.2 Å². The molecule has 6 rings (SSSR count). The maximum Gasteiger partial charge on any atom is 0.253 e. The molecule has 208 valence electrons. The summed E-state index contributed by atoms with van der Waals surface area (Å²) in [5.41, 5.74) is 2.04. The number of anilines is 1. The zero-order valence-corrected chi connectivity index (χ0v) is 22.8. The van der Waals surface area contributed by atoms with E-state index in [0.717, 1.165) is 31.4 Å². The summed E-state index contributed by atoms with van der Waals surface area (Å²) in [4.78, 5) is 13.6. The number of rotatable bonds is 7. The molecule has 0 amide bonds. The van der Waals surface area contributed by atoms with Gasteiger partial charge in [0.1, 0.15) is 5.52 Å². The van der Waals surface area contributed by atoms with Crippen molar-refractivity contribution in [2.75, 3.05) is 24.6 Å². The average Bonchev–Trinajstić information content (AvgIpc) is 3.25. The highest BCUT2D eigenvalue weighted by Gasteiger charge is 2.62. The van der Waals surface area contributed by atoms with Gasteiger partial charge < -0.3 is 14.2 Å². The van der Waals surface area contributed by atoms with Gasteiger partial charge in [0.25, 0.3) is 5.92 Å². The second kappa shape index (κ2) is 9.94. The molecule has 1 aromatic carbocycles. The van der Waals surface area contributed by atoms with Crippen LogP contribution in [0.4, 0.5) is 14.6 Å². The van der Waals surface area contributed by atoms with Crippen molar-refractivity contribution in [3.63, 3.8) is 0 Å². The van der Waals surface area contributed by atoms with Crippen molar-refractivity contribution in [3.8, 4) is 0 Å². The zero-order chi connectivity index (χ0) is 27.5. The van der Waals surface area contributed by atoms with Crippen LogP contribution in [0.1, 0.15) is 44.7 Å². The minimum atomic E-state index is -2.67. The quantitative estimate of drug-likeness (QED) is 0.333. The number of piperazine rings is 1. The first-order valence-corrected chi connectivity index (χ1v) is 13.9. The maximum atomic E-state index is 14.4. The Hall–Kier alpha value is -2.89. The van der Waals surface area contributed by atoms with Gasteiger partial charge >= 0.3 is 0 Å². The summed E-state index contributed by atoms with van der Waals surface area (Å²) in [6, 6.07) is 6.69. The number of nitrogens with one attached hydrogen (secondary N) is 2. The second-order valence-corrected chi connectivity index (χ2v) is 11.5. The van der Waals surface area contributed by atoms with Gasteiger partial charge in [-0.25, -0.2) is 13.8 Å². The smallest absolute Gasteiger partial charge is 0.253 e. The van der Waals surface area contributed by atoms with E-state index in [1.54, 1.807) is 18.5 Å². The number of alkyl halides is 2. The first kappa shape index (κ1) is 26.3. The molecule has 5 atom stereocenters. The highest BCUT2D eigenvalue weighted by atomic mass is 35.5.